The number of nitrogens with one attached hydrogen (secondary N) is 4. The monoisotopic (exact) mass is 758 g/mol. The van der Waals surface area contributed by atoms with Crippen LogP contribution in [0.5, 0.6) is 0 Å². The van der Waals surface area contributed by atoms with Crippen molar-refractivity contribution in [2.45, 2.75) is 77.5 Å². The minimum absolute atomic E-state index is 0.0230. The Labute approximate surface area is 326 Å². The molecule has 0 aliphatic carbocycles. The fraction of sp³-hybridized carbons (Fsp3) is 0.405. The zero-order valence-electron chi connectivity index (χ0n) is 32.5. The second-order valence-corrected chi connectivity index (χ2v) is 15.2. The highest BCUT2D eigenvalue weighted by atomic mass is 16.5. The molecule has 4 N–H and O–H groups in total. The highest BCUT2D eigenvalue weighted by molar-refractivity contribution is 5.87. The molecular formula is C42H50N10O4. The van der Waals surface area contributed by atoms with Gasteiger partial charge in [0.2, 0.25) is 17.8 Å². The zero-order valence-corrected chi connectivity index (χ0v) is 32.5. The number of hydrogen-bond acceptors (Lipinski definition) is 9. The summed E-state index contributed by atoms with van der Waals surface area (Å²) in [5.74, 6) is 1.79. The Morgan fingerprint density at radius 1 is 0.679 bits per heavy atom. The average Bonchev–Trinajstić information content (AvgIpc) is 4.06. The SMILES string of the molecule is COC(=O)N[C@H](C(=O)N1CCC[C@H]1c1ncc(-c2ccc(-c3ccc(-c4cnc([C@@H]5CCCN5C(=O)[C@@H](Nc5ncccn5)C(C)C)[nH]4)cc3)cc2)[nH]1)C(C)C. The smallest absolute Gasteiger partial charge is 0.407 e. The first-order valence-corrected chi connectivity index (χ1v) is 19.4. The minimum Gasteiger partial charge on any atom is -0.453 e. The first kappa shape index (κ1) is 38.2. The van der Waals surface area contributed by atoms with Gasteiger partial charge in [-0.1, -0.05) is 76.2 Å². The van der Waals surface area contributed by atoms with Crippen molar-refractivity contribution < 1.29 is 19.1 Å². The zero-order chi connectivity index (χ0) is 39.3. The molecule has 7 rings (SSSR count). The van der Waals surface area contributed by atoms with Crippen LogP contribution in [0.3, 0.4) is 0 Å². The lowest BCUT2D eigenvalue weighted by molar-refractivity contribution is -0.135. The van der Waals surface area contributed by atoms with Gasteiger partial charge in [-0.05, 0) is 65.8 Å². The molecule has 5 aromatic rings. The van der Waals surface area contributed by atoms with E-state index < -0.39 is 18.2 Å². The number of likely N-dealkylation sites (tertiary alicyclic amines) is 2. The van der Waals surface area contributed by atoms with E-state index in [0.717, 1.165) is 71.0 Å². The number of imidazole rings is 2. The second-order valence-electron chi connectivity index (χ2n) is 15.2. The third kappa shape index (κ3) is 8.14. The molecule has 0 spiro atoms. The van der Waals surface area contributed by atoms with Gasteiger partial charge < -0.3 is 35.1 Å². The summed E-state index contributed by atoms with van der Waals surface area (Å²) in [7, 11) is 1.29. The Hall–Kier alpha value is -6.05. The van der Waals surface area contributed by atoms with E-state index in [0.29, 0.717) is 19.0 Å². The molecule has 14 nitrogen and oxygen atoms in total. The molecule has 2 aromatic carbocycles. The van der Waals surface area contributed by atoms with Gasteiger partial charge in [0, 0.05) is 25.5 Å². The molecule has 0 saturated carbocycles. The van der Waals surface area contributed by atoms with Gasteiger partial charge in [0.1, 0.15) is 23.7 Å². The Kier molecular flexibility index (Phi) is 11.4. The third-order valence-corrected chi connectivity index (χ3v) is 10.8. The Balaban J connectivity index is 0.997. The number of anilines is 1. The number of alkyl carbamates (subject to hydrolysis) is 1. The highest BCUT2D eigenvalue weighted by Crippen LogP contribution is 2.35. The summed E-state index contributed by atoms with van der Waals surface area (Å²) in [6.45, 7) is 9.13. The van der Waals surface area contributed by atoms with Gasteiger partial charge in [-0.3, -0.25) is 9.59 Å². The molecule has 2 saturated heterocycles. The highest BCUT2D eigenvalue weighted by Gasteiger charge is 2.38. The van der Waals surface area contributed by atoms with Crippen molar-refractivity contribution in [2.24, 2.45) is 11.8 Å². The van der Waals surface area contributed by atoms with Gasteiger partial charge in [-0.15, -0.1) is 0 Å². The summed E-state index contributed by atoms with van der Waals surface area (Å²) in [6.07, 6.45) is 9.75. The molecule has 0 radical (unpaired) electrons. The van der Waals surface area contributed by atoms with Crippen molar-refractivity contribution in [3.8, 4) is 33.6 Å². The van der Waals surface area contributed by atoms with E-state index in [1.54, 1.807) is 18.5 Å². The summed E-state index contributed by atoms with van der Waals surface area (Å²) in [5.41, 5.74) is 5.91. The van der Waals surface area contributed by atoms with Gasteiger partial charge in [-0.25, -0.2) is 24.7 Å². The van der Waals surface area contributed by atoms with Crippen molar-refractivity contribution in [1.82, 2.24) is 45.0 Å². The van der Waals surface area contributed by atoms with Crippen molar-refractivity contribution in [2.75, 3.05) is 25.5 Å². The Morgan fingerprint density at radius 3 is 1.57 bits per heavy atom. The molecule has 2 aliphatic rings. The van der Waals surface area contributed by atoms with Crippen LogP contribution in [-0.2, 0) is 14.3 Å². The lowest BCUT2D eigenvalue weighted by atomic mass is 10.0. The van der Waals surface area contributed by atoms with E-state index in [1.807, 2.05) is 49.9 Å². The summed E-state index contributed by atoms with van der Waals surface area (Å²) >= 11 is 0. The number of carbonyl (C=O) groups excluding carboxylic acids is 3. The largest absolute Gasteiger partial charge is 0.453 e. The topological polar surface area (TPSA) is 174 Å². The molecule has 2 aliphatic heterocycles. The molecule has 2 fully saturated rings. The number of aromatic nitrogens is 6. The molecule has 292 valence electrons. The molecule has 3 amide bonds. The number of aromatic amines is 2. The van der Waals surface area contributed by atoms with Crippen LogP contribution in [0.4, 0.5) is 10.7 Å². The first-order valence-electron chi connectivity index (χ1n) is 19.4. The van der Waals surface area contributed by atoms with Crippen LogP contribution >= 0.6 is 0 Å². The number of nitrogens with zero attached hydrogens (tertiary/aromatic N) is 6. The van der Waals surface area contributed by atoms with Crippen molar-refractivity contribution in [3.63, 3.8) is 0 Å². The van der Waals surface area contributed by atoms with Crippen LogP contribution in [0.25, 0.3) is 33.6 Å². The number of H-pyrrole nitrogens is 2. The summed E-state index contributed by atoms with van der Waals surface area (Å²) in [4.78, 5) is 68.0. The Bertz CT molecular complexity index is 2110. The lowest BCUT2D eigenvalue weighted by Crippen LogP contribution is -2.51. The maximum Gasteiger partial charge on any atom is 0.407 e. The van der Waals surface area contributed by atoms with Crippen LogP contribution in [0.2, 0.25) is 0 Å². The fourth-order valence-electron chi connectivity index (χ4n) is 7.70. The van der Waals surface area contributed by atoms with Crippen LogP contribution in [0.1, 0.15) is 77.1 Å². The van der Waals surface area contributed by atoms with Crippen LogP contribution < -0.4 is 10.6 Å². The van der Waals surface area contributed by atoms with Crippen LogP contribution in [0, 0.1) is 11.8 Å². The summed E-state index contributed by atoms with van der Waals surface area (Å²) in [6, 6.07) is 17.0. The standard InChI is InChI=1S/C42H50N10O4/c1-25(2)35(49-41-43-19-8-20-44-41)39(53)51-21-6-9-33(51)37-45-23-31(47-37)29-15-11-27(12-16-29)28-13-17-30(18-14-28)32-24-46-38(48-32)34-10-7-22-52(34)40(54)36(26(3)4)50-42(55)56-5/h8,11-20,23-26,33-36H,6-7,9-10,21-22H2,1-5H3,(H,45,47)(H,46,48)(H,50,55)(H,43,44,49)/t33-,34-,35-,36-/m0/s1. The van der Waals surface area contributed by atoms with Gasteiger partial charge in [0.15, 0.2) is 0 Å². The van der Waals surface area contributed by atoms with Crippen molar-refractivity contribution in [1.29, 1.82) is 0 Å². The number of benzene rings is 2. The molecular weight excluding hydrogens is 709 g/mol. The van der Waals surface area contributed by atoms with Crippen molar-refractivity contribution >= 4 is 23.9 Å². The van der Waals surface area contributed by atoms with Crippen LogP contribution in [0.15, 0.2) is 79.4 Å². The third-order valence-electron chi connectivity index (χ3n) is 10.8. The van der Waals surface area contributed by atoms with Crippen LogP contribution in [-0.4, -0.2) is 89.9 Å². The lowest BCUT2D eigenvalue weighted by Gasteiger charge is -2.30. The van der Waals surface area contributed by atoms with E-state index in [4.69, 9.17) is 9.72 Å². The molecule has 56 heavy (non-hydrogen) atoms. The number of hydrogen-bond donors (Lipinski definition) is 4. The molecule has 0 unspecified atom stereocenters. The maximum absolute atomic E-state index is 13.8. The number of rotatable bonds is 12. The Morgan fingerprint density at radius 2 is 1.12 bits per heavy atom. The summed E-state index contributed by atoms with van der Waals surface area (Å²) < 4.78 is 4.76. The second kappa shape index (κ2) is 16.8. The number of ether oxygens (including phenoxy) is 1. The van der Waals surface area contributed by atoms with Gasteiger partial charge in [0.05, 0.1) is 43.0 Å². The van der Waals surface area contributed by atoms with Gasteiger partial charge in [0.25, 0.3) is 0 Å². The van der Waals surface area contributed by atoms with E-state index in [2.05, 4.69) is 84.1 Å². The summed E-state index contributed by atoms with van der Waals surface area (Å²) in [5, 5.41) is 5.94. The molecule has 3 aromatic heterocycles. The van der Waals surface area contributed by atoms with E-state index in [1.165, 1.54) is 7.11 Å². The number of methoxy groups -OCH3 is 1. The van der Waals surface area contributed by atoms with E-state index >= 15 is 0 Å². The molecule has 14 heteroatoms. The molecule has 5 heterocycles. The quantitative estimate of drug-likeness (QED) is 0.107. The number of carbonyl (C=O) groups is 3. The normalized spacial score (nSPS) is 18.0. The van der Waals surface area contributed by atoms with Gasteiger partial charge >= 0.3 is 6.09 Å². The average molecular weight is 759 g/mol. The van der Waals surface area contributed by atoms with E-state index in [-0.39, 0.29) is 35.7 Å². The maximum atomic E-state index is 13.8. The molecule has 4 atom stereocenters. The minimum atomic E-state index is -0.682. The van der Waals surface area contributed by atoms with E-state index in [9.17, 15) is 14.4 Å². The predicted molar refractivity (Wildman–Crippen MR) is 213 cm³/mol. The van der Waals surface area contributed by atoms with Gasteiger partial charge in [-0.2, -0.15) is 0 Å². The number of amides is 3. The predicted octanol–water partition coefficient (Wildman–Crippen LogP) is 6.77. The first-order chi connectivity index (χ1) is 27.1. The molecule has 0 bridgehead atoms. The van der Waals surface area contributed by atoms with Crippen molar-refractivity contribution in [3.05, 3.63) is 91.0 Å². The fourth-order valence-corrected chi connectivity index (χ4v) is 7.70.